The van der Waals surface area contributed by atoms with Crippen LogP contribution >= 0.6 is 0 Å². The van der Waals surface area contributed by atoms with E-state index >= 15 is 0 Å². The van der Waals surface area contributed by atoms with Gasteiger partial charge in [0.05, 0.1) is 23.6 Å². The summed E-state index contributed by atoms with van der Waals surface area (Å²) in [5.41, 5.74) is 4.87. The molecule has 2 aromatic heterocycles. The lowest BCUT2D eigenvalue weighted by atomic mass is 10.0. The number of hydrogen-bond acceptors (Lipinski definition) is 4. The van der Waals surface area contributed by atoms with Gasteiger partial charge in [-0.2, -0.15) is 0 Å². The molecule has 0 saturated heterocycles. The van der Waals surface area contributed by atoms with Gasteiger partial charge < -0.3 is 14.2 Å². The van der Waals surface area contributed by atoms with Gasteiger partial charge in [-0.1, -0.05) is 0 Å². The Morgan fingerprint density at radius 2 is 2.16 bits per heavy atom. The molecule has 1 atom stereocenters. The van der Waals surface area contributed by atoms with Gasteiger partial charge in [0.25, 0.3) is 0 Å². The first-order chi connectivity index (χ1) is 12.1. The number of fused-ring (bicyclic) bond motifs is 2. The molecule has 0 aliphatic carbocycles. The minimum absolute atomic E-state index is 0.120. The van der Waals surface area contributed by atoms with Gasteiger partial charge >= 0.3 is 0 Å². The van der Waals surface area contributed by atoms with E-state index in [0.717, 1.165) is 33.7 Å². The van der Waals surface area contributed by atoms with Crippen molar-refractivity contribution < 1.29 is 9.53 Å². The number of ether oxygens (including phenoxy) is 1. The van der Waals surface area contributed by atoms with E-state index in [9.17, 15) is 4.79 Å². The van der Waals surface area contributed by atoms with Crippen LogP contribution in [0.25, 0.3) is 22.4 Å². The Morgan fingerprint density at radius 3 is 2.88 bits per heavy atom. The van der Waals surface area contributed by atoms with E-state index in [1.807, 2.05) is 43.3 Å². The van der Waals surface area contributed by atoms with Crippen molar-refractivity contribution in [1.82, 2.24) is 14.5 Å². The van der Waals surface area contributed by atoms with Crippen molar-refractivity contribution in [3.8, 4) is 11.4 Å². The Morgan fingerprint density at radius 1 is 1.32 bits per heavy atom. The highest BCUT2D eigenvalue weighted by molar-refractivity contribution is 6.07. The predicted octanol–water partition coefficient (Wildman–Crippen LogP) is 2.73. The standard InChI is InChI=1S/C19H20N4O2/c1-12-14-9-15-17(10-16(14)23(19(12)24)7-8-25-3)22(2)18(21-15)13-5-4-6-20-11-13/h4-6,9-12H,7-8H2,1-3H3. The Balaban J connectivity index is 1.86. The number of imidazole rings is 1. The Labute approximate surface area is 146 Å². The fraction of sp³-hybridized carbons (Fsp3) is 0.316. The van der Waals surface area contributed by atoms with Crippen LogP contribution in [0, 0.1) is 0 Å². The van der Waals surface area contributed by atoms with Crippen molar-refractivity contribution in [1.29, 1.82) is 0 Å². The maximum atomic E-state index is 12.6. The van der Waals surface area contributed by atoms with Crippen LogP contribution in [0.5, 0.6) is 0 Å². The molecule has 128 valence electrons. The lowest BCUT2D eigenvalue weighted by Crippen LogP contribution is -2.31. The van der Waals surface area contributed by atoms with E-state index < -0.39 is 0 Å². The third kappa shape index (κ3) is 2.41. The highest BCUT2D eigenvalue weighted by Crippen LogP contribution is 2.40. The Kier molecular flexibility index (Phi) is 3.77. The molecule has 4 rings (SSSR count). The molecule has 1 aliphatic rings. The van der Waals surface area contributed by atoms with Crippen LogP contribution in [0.15, 0.2) is 36.7 Å². The molecule has 1 aliphatic heterocycles. The van der Waals surface area contributed by atoms with Crippen LogP contribution in [0.1, 0.15) is 18.4 Å². The smallest absolute Gasteiger partial charge is 0.234 e. The molecule has 0 radical (unpaired) electrons. The lowest BCUT2D eigenvalue weighted by molar-refractivity contribution is -0.119. The van der Waals surface area contributed by atoms with E-state index in [2.05, 4.69) is 15.6 Å². The number of methoxy groups -OCH3 is 1. The zero-order valence-corrected chi connectivity index (χ0v) is 14.6. The number of aryl methyl sites for hydroxylation is 1. The number of aromatic nitrogens is 3. The number of hydrogen-bond donors (Lipinski definition) is 0. The van der Waals surface area contributed by atoms with Crippen molar-refractivity contribution in [2.24, 2.45) is 7.05 Å². The number of amides is 1. The van der Waals surface area contributed by atoms with Gasteiger partial charge in [-0.3, -0.25) is 9.78 Å². The molecular weight excluding hydrogens is 316 g/mol. The number of benzene rings is 1. The van der Waals surface area contributed by atoms with Crippen LogP contribution in [0.2, 0.25) is 0 Å². The maximum absolute atomic E-state index is 12.6. The van der Waals surface area contributed by atoms with Gasteiger partial charge in [-0.25, -0.2) is 4.98 Å². The minimum Gasteiger partial charge on any atom is -0.383 e. The number of nitrogens with zero attached hydrogens (tertiary/aromatic N) is 4. The number of rotatable bonds is 4. The van der Waals surface area contributed by atoms with Crippen molar-refractivity contribution in [2.45, 2.75) is 12.8 Å². The molecule has 0 fully saturated rings. The summed E-state index contributed by atoms with van der Waals surface area (Å²) in [6.45, 7) is 3.03. The van der Waals surface area contributed by atoms with Crippen molar-refractivity contribution in [2.75, 3.05) is 25.2 Å². The average molecular weight is 336 g/mol. The fourth-order valence-corrected chi connectivity index (χ4v) is 3.48. The molecule has 6 nitrogen and oxygen atoms in total. The number of carbonyl (C=O) groups is 1. The first kappa shape index (κ1) is 15.8. The molecule has 0 bridgehead atoms. The van der Waals surface area contributed by atoms with Gasteiger partial charge in [0, 0.05) is 44.3 Å². The monoisotopic (exact) mass is 336 g/mol. The number of pyridine rings is 1. The zero-order chi connectivity index (χ0) is 17.6. The summed E-state index contributed by atoms with van der Waals surface area (Å²) in [5, 5.41) is 0. The fourth-order valence-electron chi connectivity index (χ4n) is 3.48. The second-order valence-electron chi connectivity index (χ2n) is 6.34. The lowest BCUT2D eigenvalue weighted by Gasteiger charge is -2.17. The van der Waals surface area contributed by atoms with E-state index in [1.165, 1.54) is 0 Å². The maximum Gasteiger partial charge on any atom is 0.234 e. The summed E-state index contributed by atoms with van der Waals surface area (Å²) in [5.74, 6) is 0.837. The van der Waals surface area contributed by atoms with Crippen LogP contribution in [0.4, 0.5) is 5.69 Å². The summed E-state index contributed by atoms with van der Waals surface area (Å²) in [4.78, 5) is 23.4. The highest BCUT2D eigenvalue weighted by Gasteiger charge is 2.34. The van der Waals surface area contributed by atoms with E-state index in [4.69, 9.17) is 9.72 Å². The molecule has 1 amide bonds. The topological polar surface area (TPSA) is 60.2 Å². The van der Waals surface area contributed by atoms with Crippen LogP contribution in [-0.2, 0) is 16.6 Å². The predicted molar refractivity (Wildman–Crippen MR) is 96.6 cm³/mol. The molecule has 1 aromatic carbocycles. The third-order valence-corrected chi connectivity index (χ3v) is 4.86. The van der Waals surface area contributed by atoms with E-state index in [-0.39, 0.29) is 11.8 Å². The van der Waals surface area contributed by atoms with E-state index in [1.54, 1.807) is 13.3 Å². The second kappa shape index (κ2) is 5.97. The first-order valence-corrected chi connectivity index (χ1v) is 8.33. The summed E-state index contributed by atoms with van der Waals surface area (Å²) >= 11 is 0. The molecule has 0 spiro atoms. The van der Waals surface area contributed by atoms with Crippen LogP contribution in [0.3, 0.4) is 0 Å². The molecule has 3 aromatic rings. The summed E-state index contributed by atoms with van der Waals surface area (Å²) in [7, 11) is 3.64. The molecule has 0 N–H and O–H groups in total. The largest absolute Gasteiger partial charge is 0.383 e. The van der Waals surface area contributed by atoms with Gasteiger partial charge in [0.15, 0.2) is 0 Å². The molecule has 25 heavy (non-hydrogen) atoms. The van der Waals surface area contributed by atoms with Crippen molar-refractivity contribution in [3.05, 3.63) is 42.2 Å². The van der Waals surface area contributed by atoms with Gasteiger partial charge in [0.2, 0.25) is 5.91 Å². The van der Waals surface area contributed by atoms with Crippen molar-refractivity contribution in [3.63, 3.8) is 0 Å². The Hall–Kier alpha value is -2.73. The van der Waals surface area contributed by atoms with Gasteiger partial charge in [-0.15, -0.1) is 0 Å². The van der Waals surface area contributed by atoms with Crippen LogP contribution in [-0.4, -0.2) is 40.7 Å². The van der Waals surface area contributed by atoms with Gasteiger partial charge in [-0.05, 0) is 36.8 Å². The summed E-state index contributed by atoms with van der Waals surface area (Å²) in [6, 6.07) is 8.01. The Bertz CT molecular complexity index is 949. The summed E-state index contributed by atoms with van der Waals surface area (Å²) < 4.78 is 7.21. The van der Waals surface area contributed by atoms with Crippen LogP contribution < -0.4 is 4.90 Å². The first-order valence-electron chi connectivity index (χ1n) is 8.33. The SMILES string of the molecule is COCCN1C(=O)C(C)c2cc3nc(-c4cccnc4)n(C)c3cc21. The molecular formula is C19H20N4O2. The normalized spacial score (nSPS) is 16.7. The minimum atomic E-state index is -0.153. The number of carbonyl (C=O) groups excluding carboxylic acids is 1. The van der Waals surface area contributed by atoms with Crippen molar-refractivity contribution >= 4 is 22.6 Å². The number of anilines is 1. The molecule has 1 unspecified atom stereocenters. The molecule has 6 heteroatoms. The third-order valence-electron chi connectivity index (χ3n) is 4.86. The highest BCUT2D eigenvalue weighted by atomic mass is 16.5. The summed E-state index contributed by atoms with van der Waals surface area (Å²) in [6.07, 6.45) is 3.56. The average Bonchev–Trinajstić information content (AvgIpc) is 3.08. The second-order valence-corrected chi connectivity index (χ2v) is 6.34. The molecule has 3 heterocycles. The van der Waals surface area contributed by atoms with E-state index in [0.29, 0.717) is 13.2 Å². The zero-order valence-electron chi connectivity index (χ0n) is 14.6. The van der Waals surface area contributed by atoms with Gasteiger partial charge in [0.1, 0.15) is 5.82 Å². The molecule has 0 saturated carbocycles. The quantitative estimate of drug-likeness (QED) is 0.735.